The number of amides is 1. The van der Waals surface area contributed by atoms with E-state index in [4.69, 9.17) is 4.74 Å². The van der Waals surface area contributed by atoms with Gasteiger partial charge in [0.25, 0.3) is 11.6 Å². The molecule has 3 aromatic rings. The number of hydrogen-bond acceptors (Lipinski definition) is 6. The van der Waals surface area contributed by atoms with Gasteiger partial charge in [-0.15, -0.1) is 5.10 Å². The zero-order valence-corrected chi connectivity index (χ0v) is 14.6. The van der Waals surface area contributed by atoms with E-state index in [2.05, 4.69) is 10.1 Å². The second-order valence-electron chi connectivity index (χ2n) is 6.06. The van der Waals surface area contributed by atoms with Gasteiger partial charge in [0.15, 0.2) is 0 Å². The average Bonchev–Trinajstić information content (AvgIpc) is 3.22. The Kier molecular flexibility index (Phi) is 3.84. The Morgan fingerprint density at radius 1 is 1.22 bits per heavy atom. The summed E-state index contributed by atoms with van der Waals surface area (Å²) in [7, 11) is 0. The fourth-order valence-electron chi connectivity index (χ4n) is 3.01. The molecule has 2 aromatic heterocycles. The molecule has 27 heavy (non-hydrogen) atoms. The second kappa shape index (κ2) is 6.20. The van der Waals surface area contributed by atoms with Gasteiger partial charge in [0.2, 0.25) is 12.1 Å². The highest BCUT2D eigenvalue weighted by Crippen LogP contribution is 2.32. The summed E-state index contributed by atoms with van der Waals surface area (Å²) < 4.78 is 7.82. The molecule has 9 nitrogen and oxygen atoms in total. The van der Waals surface area contributed by atoms with Gasteiger partial charge in [0.05, 0.1) is 10.6 Å². The van der Waals surface area contributed by atoms with Crippen molar-refractivity contribution in [1.82, 2.24) is 14.4 Å². The number of aryl methyl sites for hydroxylation is 1. The molecular formula is C18H15N5O4. The van der Waals surface area contributed by atoms with Crippen LogP contribution in [0.3, 0.4) is 0 Å². The monoisotopic (exact) mass is 365 g/mol. The third kappa shape index (κ3) is 2.78. The van der Waals surface area contributed by atoms with E-state index in [9.17, 15) is 14.9 Å². The number of nitro groups is 1. The van der Waals surface area contributed by atoms with Crippen LogP contribution in [0.2, 0.25) is 0 Å². The molecule has 0 spiro atoms. The smallest absolute Gasteiger partial charge is 0.269 e. The summed E-state index contributed by atoms with van der Waals surface area (Å²) in [6.07, 6.45) is 1.04. The molecule has 3 heterocycles. The van der Waals surface area contributed by atoms with E-state index in [0.717, 1.165) is 5.65 Å². The lowest BCUT2D eigenvalue weighted by molar-refractivity contribution is -0.384. The Morgan fingerprint density at radius 3 is 2.63 bits per heavy atom. The number of hydrogen-bond donors (Lipinski definition) is 0. The lowest BCUT2D eigenvalue weighted by Crippen LogP contribution is -2.25. The van der Waals surface area contributed by atoms with Crippen LogP contribution >= 0.6 is 0 Å². The number of hydrazone groups is 1. The molecule has 0 fully saturated rings. The number of pyridine rings is 1. The number of nitro benzene ring substituents is 1. The zero-order chi connectivity index (χ0) is 19.1. The maximum atomic E-state index is 12.1. The third-order valence-electron chi connectivity index (χ3n) is 4.26. The first-order chi connectivity index (χ1) is 13.0. The SMILES string of the molecule is CC(=O)N1N=C(c2c(C)nc3ccccn23)O[C@H]1c1ccc([N+](=O)[O-])cc1. The molecule has 1 aliphatic heterocycles. The summed E-state index contributed by atoms with van der Waals surface area (Å²) in [5, 5.41) is 16.4. The number of carbonyl (C=O) groups is 1. The predicted octanol–water partition coefficient (Wildman–Crippen LogP) is 2.79. The minimum Gasteiger partial charge on any atom is -0.445 e. The summed E-state index contributed by atoms with van der Waals surface area (Å²) in [6.45, 7) is 3.22. The Labute approximate surface area is 153 Å². The molecule has 136 valence electrons. The van der Waals surface area contributed by atoms with Crippen molar-refractivity contribution in [2.45, 2.75) is 20.1 Å². The number of non-ortho nitro benzene ring substituents is 1. The highest BCUT2D eigenvalue weighted by atomic mass is 16.6. The molecule has 0 saturated carbocycles. The summed E-state index contributed by atoms with van der Waals surface area (Å²) in [5.41, 5.74) is 2.66. The minimum atomic E-state index is -0.799. The van der Waals surface area contributed by atoms with Crippen molar-refractivity contribution in [3.05, 3.63) is 75.7 Å². The minimum absolute atomic E-state index is 0.0371. The molecular weight excluding hydrogens is 350 g/mol. The van der Waals surface area contributed by atoms with Gasteiger partial charge in [0.1, 0.15) is 11.3 Å². The first-order valence-electron chi connectivity index (χ1n) is 8.19. The molecule has 0 unspecified atom stereocenters. The maximum absolute atomic E-state index is 12.1. The number of ether oxygens (including phenoxy) is 1. The van der Waals surface area contributed by atoms with Crippen molar-refractivity contribution in [1.29, 1.82) is 0 Å². The largest absolute Gasteiger partial charge is 0.445 e. The van der Waals surface area contributed by atoms with E-state index in [1.54, 1.807) is 12.1 Å². The van der Waals surface area contributed by atoms with Crippen LogP contribution in [0, 0.1) is 17.0 Å². The molecule has 0 saturated heterocycles. The van der Waals surface area contributed by atoms with Crippen LogP contribution in [-0.4, -0.2) is 31.1 Å². The van der Waals surface area contributed by atoms with Gasteiger partial charge >= 0.3 is 0 Å². The van der Waals surface area contributed by atoms with Gasteiger partial charge in [0, 0.05) is 30.8 Å². The molecule has 1 aromatic carbocycles. The average molecular weight is 365 g/mol. The van der Waals surface area contributed by atoms with E-state index in [-0.39, 0.29) is 17.5 Å². The van der Waals surface area contributed by atoms with Crippen molar-refractivity contribution < 1.29 is 14.5 Å². The first-order valence-corrected chi connectivity index (χ1v) is 8.19. The van der Waals surface area contributed by atoms with Crippen molar-refractivity contribution in [2.75, 3.05) is 0 Å². The van der Waals surface area contributed by atoms with Crippen molar-refractivity contribution in [3.8, 4) is 0 Å². The van der Waals surface area contributed by atoms with Gasteiger partial charge in [-0.2, -0.15) is 5.01 Å². The number of benzene rings is 1. The predicted molar refractivity (Wildman–Crippen MR) is 95.9 cm³/mol. The van der Waals surface area contributed by atoms with Crippen LogP contribution < -0.4 is 0 Å². The third-order valence-corrected chi connectivity index (χ3v) is 4.26. The molecule has 9 heteroatoms. The van der Waals surface area contributed by atoms with E-state index in [1.807, 2.05) is 35.7 Å². The summed E-state index contributed by atoms with van der Waals surface area (Å²) >= 11 is 0. The topological polar surface area (TPSA) is 102 Å². The Morgan fingerprint density at radius 2 is 1.96 bits per heavy atom. The lowest BCUT2D eigenvalue weighted by atomic mass is 10.1. The number of nitrogens with zero attached hydrogens (tertiary/aromatic N) is 5. The fraction of sp³-hybridized carbons (Fsp3) is 0.167. The molecule has 0 aliphatic carbocycles. The highest BCUT2D eigenvalue weighted by Gasteiger charge is 2.35. The highest BCUT2D eigenvalue weighted by molar-refractivity contribution is 5.96. The Bertz CT molecular complexity index is 1090. The van der Waals surface area contributed by atoms with Crippen molar-refractivity contribution in [3.63, 3.8) is 0 Å². The van der Waals surface area contributed by atoms with Crippen LogP contribution in [0.1, 0.15) is 30.1 Å². The van der Waals surface area contributed by atoms with Crippen molar-refractivity contribution in [2.24, 2.45) is 5.10 Å². The second-order valence-corrected chi connectivity index (χ2v) is 6.06. The number of fused-ring (bicyclic) bond motifs is 1. The van der Waals surface area contributed by atoms with Crippen LogP contribution in [0.5, 0.6) is 0 Å². The summed E-state index contributed by atoms with van der Waals surface area (Å²) in [6, 6.07) is 11.5. The summed E-state index contributed by atoms with van der Waals surface area (Å²) in [5.74, 6) is -0.0374. The lowest BCUT2D eigenvalue weighted by Gasteiger charge is -2.19. The van der Waals surface area contributed by atoms with Gasteiger partial charge in [-0.3, -0.25) is 19.3 Å². The molecule has 4 rings (SSSR count). The van der Waals surface area contributed by atoms with Crippen LogP contribution in [-0.2, 0) is 9.53 Å². The van der Waals surface area contributed by atoms with E-state index < -0.39 is 11.2 Å². The maximum Gasteiger partial charge on any atom is 0.269 e. The summed E-state index contributed by atoms with van der Waals surface area (Å²) in [4.78, 5) is 26.9. The molecule has 1 atom stereocenters. The number of carbonyl (C=O) groups excluding carboxylic acids is 1. The van der Waals surface area contributed by atoms with Gasteiger partial charge in [-0.25, -0.2) is 4.98 Å². The van der Waals surface area contributed by atoms with E-state index >= 15 is 0 Å². The quantitative estimate of drug-likeness (QED) is 0.524. The van der Waals surface area contributed by atoms with Crippen LogP contribution in [0.25, 0.3) is 5.65 Å². The zero-order valence-electron chi connectivity index (χ0n) is 14.6. The normalized spacial score (nSPS) is 16.3. The van der Waals surface area contributed by atoms with Gasteiger partial charge in [-0.05, 0) is 31.2 Å². The standard InChI is InChI=1S/C18H15N5O4/c1-11-16(21-10-4-3-5-15(21)19-11)17-20-22(12(2)24)18(27-17)13-6-8-14(9-7-13)23(25)26/h3-10,18H,1-2H3/t18-/m0/s1. The van der Waals surface area contributed by atoms with Gasteiger partial charge < -0.3 is 4.74 Å². The fourth-order valence-corrected chi connectivity index (χ4v) is 3.01. The Hall–Kier alpha value is -3.75. The molecule has 1 amide bonds. The number of aromatic nitrogens is 2. The number of rotatable bonds is 3. The molecule has 0 N–H and O–H groups in total. The number of imidazole rings is 1. The van der Waals surface area contributed by atoms with Gasteiger partial charge in [-0.1, -0.05) is 6.07 Å². The Balaban J connectivity index is 1.74. The van der Waals surface area contributed by atoms with Crippen LogP contribution in [0.4, 0.5) is 5.69 Å². The van der Waals surface area contributed by atoms with E-state index in [0.29, 0.717) is 17.0 Å². The van der Waals surface area contributed by atoms with Crippen molar-refractivity contribution >= 4 is 23.1 Å². The van der Waals surface area contributed by atoms with E-state index in [1.165, 1.54) is 24.1 Å². The first kappa shape index (κ1) is 16.7. The van der Waals surface area contributed by atoms with Crippen LogP contribution in [0.15, 0.2) is 53.8 Å². The molecule has 1 aliphatic rings. The molecule has 0 radical (unpaired) electrons. The molecule has 0 bridgehead atoms.